The van der Waals surface area contributed by atoms with Gasteiger partial charge in [0.05, 0.1) is 16.9 Å². The number of amidine groups is 1. The molecule has 7 nitrogen and oxygen atoms in total. The average Bonchev–Trinajstić information content (AvgIpc) is 2.95. The van der Waals surface area contributed by atoms with Crippen LogP contribution in [0.4, 0.5) is 0 Å². The predicted octanol–water partition coefficient (Wildman–Crippen LogP) is 2.35. The lowest BCUT2D eigenvalue weighted by molar-refractivity contribution is -0.115. The maximum Gasteiger partial charge on any atom is 0.284 e. The Morgan fingerprint density at radius 1 is 1.19 bits per heavy atom. The Bertz CT molecular complexity index is 1010. The lowest BCUT2D eigenvalue weighted by atomic mass is 10.2. The van der Waals surface area contributed by atoms with Gasteiger partial charge in [-0.3, -0.25) is 10.1 Å². The Labute approximate surface area is 154 Å². The summed E-state index contributed by atoms with van der Waals surface area (Å²) in [5.74, 6) is -0.207. The molecule has 1 heterocycles. The van der Waals surface area contributed by atoms with Crippen molar-refractivity contribution in [2.75, 3.05) is 7.11 Å². The van der Waals surface area contributed by atoms with E-state index in [1.165, 1.54) is 25.3 Å². The van der Waals surface area contributed by atoms with Crippen LogP contribution in [0.5, 0.6) is 11.5 Å². The standard InChI is InChI=1S/C17H14N2O5S2/c1-24-14-9-11(7-8-13(14)20)10-15-16(21)18-17(25-15)19-26(22,23)12-5-3-2-4-6-12/h2-10,20H,1H3,(H,18,19,21)/b15-10-. The van der Waals surface area contributed by atoms with Crippen molar-refractivity contribution in [3.05, 3.63) is 59.0 Å². The van der Waals surface area contributed by atoms with Gasteiger partial charge in [-0.25, -0.2) is 0 Å². The van der Waals surface area contributed by atoms with Crippen LogP contribution in [-0.4, -0.2) is 31.7 Å². The Hall–Kier alpha value is -2.78. The number of benzene rings is 2. The quantitative estimate of drug-likeness (QED) is 0.777. The first-order valence-corrected chi connectivity index (χ1v) is 9.62. The second-order valence-corrected chi connectivity index (χ2v) is 7.82. The number of phenolic OH excluding ortho intramolecular Hbond substituents is 1. The number of ether oxygens (including phenoxy) is 1. The van der Waals surface area contributed by atoms with Crippen molar-refractivity contribution >= 4 is 38.9 Å². The summed E-state index contributed by atoms with van der Waals surface area (Å²) in [6.45, 7) is 0. The van der Waals surface area contributed by atoms with Crippen molar-refractivity contribution in [1.29, 1.82) is 0 Å². The van der Waals surface area contributed by atoms with Gasteiger partial charge in [-0.05, 0) is 47.7 Å². The number of rotatable bonds is 4. The number of phenols is 1. The van der Waals surface area contributed by atoms with E-state index in [4.69, 9.17) is 4.74 Å². The molecule has 0 aromatic heterocycles. The van der Waals surface area contributed by atoms with Crippen LogP contribution in [0.25, 0.3) is 6.08 Å². The van der Waals surface area contributed by atoms with E-state index < -0.39 is 15.9 Å². The molecule has 0 spiro atoms. The van der Waals surface area contributed by atoms with Gasteiger partial charge in [0.1, 0.15) is 0 Å². The highest BCUT2D eigenvalue weighted by atomic mass is 32.2. The van der Waals surface area contributed by atoms with Gasteiger partial charge in [0, 0.05) is 0 Å². The molecule has 0 radical (unpaired) electrons. The Morgan fingerprint density at radius 2 is 1.92 bits per heavy atom. The molecular weight excluding hydrogens is 376 g/mol. The number of aromatic hydroxyl groups is 1. The summed E-state index contributed by atoms with van der Waals surface area (Å²) in [6.07, 6.45) is 1.56. The van der Waals surface area contributed by atoms with Crippen LogP contribution in [0.15, 0.2) is 62.7 Å². The zero-order chi connectivity index (χ0) is 18.7. The molecule has 1 aliphatic rings. The summed E-state index contributed by atoms with van der Waals surface area (Å²) in [5, 5.41) is 12.0. The lowest BCUT2D eigenvalue weighted by Crippen LogP contribution is -2.20. The van der Waals surface area contributed by atoms with E-state index in [9.17, 15) is 18.3 Å². The third-order valence-corrected chi connectivity index (χ3v) is 5.71. The monoisotopic (exact) mass is 390 g/mol. The fraction of sp³-hybridized carbons (Fsp3) is 0.0588. The summed E-state index contributed by atoms with van der Waals surface area (Å²) >= 11 is 0.921. The predicted molar refractivity (Wildman–Crippen MR) is 99.4 cm³/mol. The Balaban J connectivity index is 1.87. The van der Waals surface area contributed by atoms with Crippen LogP contribution >= 0.6 is 11.8 Å². The molecule has 0 bridgehead atoms. The molecule has 134 valence electrons. The molecule has 2 aromatic carbocycles. The highest BCUT2D eigenvalue weighted by molar-refractivity contribution is 8.19. The molecule has 0 aliphatic carbocycles. The zero-order valence-electron chi connectivity index (χ0n) is 13.5. The van der Waals surface area contributed by atoms with Crippen LogP contribution < -0.4 is 10.1 Å². The highest BCUT2D eigenvalue weighted by Crippen LogP contribution is 2.31. The maximum atomic E-state index is 12.3. The van der Waals surface area contributed by atoms with Gasteiger partial charge >= 0.3 is 0 Å². The fourth-order valence-corrected chi connectivity index (χ4v) is 4.17. The van der Waals surface area contributed by atoms with Gasteiger partial charge in [-0.1, -0.05) is 24.3 Å². The molecule has 2 aromatic rings. The molecule has 0 unspecified atom stereocenters. The van der Waals surface area contributed by atoms with Crippen molar-refractivity contribution in [2.45, 2.75) is 4.90 Å². The molecule has 1 aliphatic heterocycles. The molecule has 0 saturated carbocycles. The normalized spacial score (nSPS) is 17.5. The number of amides is 1. The summed E-state index contributed by atoms with van der Waals surface area (Å²) in [4.78, 5) is 12.4. The number of sulfonamides is 1. The van der Waals surface area contributed by atoms with E-state index in [1.54, 1.807) is 36.4 Å². The minimum atomic E-state index is -3.91. The molecule has 0 atom stereocenters. The summed E-state index contributed by atoms with van der Waals surface area (Å²) in [7, 11) is -2.49. The number of nitrogens with zero attached hydrogens (tertiary/aromatic N) is 1. The van der Waals surface area contributed by atoms with Gasteiger partial charge in [-0.2, -0.15) is 8.42 Å². The maximum absolute atomic E-state index is 12.3. The third-order valence-electron chi connectivity index (χ3n) is 3.40. The fourth-order valence-electron chi connectivity index (χ4n) is 2.16. The largest absolute Gasteiger partial charge is 0.504 e. The number of methoxy groups -OCH3 is 1. The van der Waals surface area contributed by atoms with Crippen LogP contribution in [0.3, 0.4) is 0 Å². The van der Waals surface area contributed by atoms with Gasteiger partial charge in [-0.15, -0.1) is 4.40 Å². The van der Waals surface area contributed by atoms with E-state index in [1.807, 2.05) is 0 Å². The van der Waals surface area contributed by atoms with Crippen LogP contribution in [0.2, 0.25) is 0 Å². The van der Waals surface area contributed by atoms with E-state index in [0.29, 0.717) is 5.56 Å². The van der Waals surface area contributed by atoms with Gasteiger partial charge in [0.15, 0.2) is 16.7 Å². The van der Waals surface area contributed by atoms with Crippen LogP contribution in [-0.2, 0) is 14.8 Å². The van der Waals surface area contributed by atoms with Crippen LogP contribution in [0, 0.1) is 0 Å². The molecule has 1 saturated heterocycles. The smallest absolute Gasteiger partial charge is 0.284 e. The second kappa shape index (κ2) is 7.22. The summed E-state index contributed by atoms with van der Waals surface area (Å²) in [6, 6.07) is 12.4. The van der Waals surface area contributed by atoms with Crippen LogP contribution in [0.1, 0.15) is 5.56 Å². The second-order valence-electron chi connectivity index (χ2n) is 5.18. The summed E-state index contributed by atoms with van der Waals surface area (Å²) in [5.41, 5.74) is 0.615. The van der Waals surface area contributed by atoms with Crippen molar-refractivity contribution in [2.24, 2.45) is 4.40 Å². The van der Waals surface area contributed by atoms with Gasteiger partial charge in [0.25, 0.3) is 15.9 Å². The number of carbonyl (C=O) groups is 1. The molecule has 1 amide bonds. The molecule has 2 N–H and O–H groups in total. The van der Waals surface area contributed by atoms with Gasteiger partial charge < -0.3 is 9.84 Å². The van der Waals surface area contributed by atoms with Crippen molar-refractivity contribution in [1.82, 2.24) is 5.32 Å². The number of carbonyl (C=O) groups excluding carboxylic acids is 1. The topological polar surface area (TPSA) is 105 Å². The molecule has 1 fully saturated rings. The first-order chi connectivity index (χ1) is 12.4. The first-order valence-electron chi connectivity index (χ1n) is 7.37. The first kappa shape index (κ1) is 18.0. The lowest BCUT2D eigenvalue weighted by Gasteiger charge is -2.03. The van der Waals surface area contributed by atoms with Gasteiger partial charge in [0.2, 0.25) is 0 Å². The molecule has 3 rings (SSSR count). The molecule has 26 heavy (non-hydrogen) atoms. The van der Waals surface area contributed by atoms with Crippen molar-refractivity contribution < 1.29 is 23.1 Å². The van der Waals surface area contributed by atoms with E-state index in [-0.39, 0.29) is 26.5 Å². The Kier molecular flexibility index (Phi) is 5.01. The molecular formula is C17H14N2O5S2. The van der Waals surface area contributed by atoms with E-state index in [2.05, 4.69) is 9.71 Å². The van der Waals surface area contributed by atoms with Crippen molar-refractivity contribution in [3.8, 4) is 11.5 Å². The SMILES string of the molecule is COc1cc(/C=C2\S/C(=N/S(=O)(=O)c3ccccc3)NC2=O)ccc1O. The Morgan fingerprint density at radius 3 is 2.62 bits per heavy atom. The number of nitrogens with one attached hydrogen (secondary N) is 1. The van der Waals surface area contributed by atoms with E-state index in [0.717, 1.165) is 11.8 Å². The van der Waals surface area contributed by atoms with Crippen molar-refractivity contribution in [3.63, 3.8) is 0 Å². The number of hydrogen-bond acceptors (Lipinski definition) is 6. The minimum absolute atomic E-state index is 0.0177. The minimum Gasteiger partial charge on any atom is -0.504 e. The average molecular weight is 390 g/mol. The number of hydrogen-bond donors (Lipinski definition) is 2. The van der Waals surface area contributed by atoms with E-state index >= 15 is 0 Å². The highest BCUT2D eigenvalue weighted by Gasteiger charge is 2.26. The third kappa shape index (κ3) is 3.89. The zero-order valence-corrected chi connectivity index (χ0v) is 15.2. The number of thioether (sulfide) groups is 1. The summed E-state index contributed by atoms with van der Waals surface area (Å²) < 4.78 is 33.2. The molecule has 9 heteroatoms.